The molecule has 0 saturated carbocycles. The SMILES string of the molecule is COC(=O)[C@@H](Nc1ccc(CO)cc1)c1ccc(F)cc1. The Morgan fingerprint density at radius 3 is 2.33 bits per heavy atom. The van der Waals surface area contributed by atoms with Crippen LogP contribution in [0.4, 0.5) is 10.1 Å². The van der Waals surface area contributed by atoms with Crippen molar-refractivity contribution < 1.29 is 19.0 Å². The molecule has 0 amide bonds. The van der Waals surface area contributed by atoms with E-state index in [9.17, 15) is 9.18 Å². The molecule has 0 aliphatic heterocycles. The molecule has 2 aromatic rings. The fourth-order valence-electron chi connectivity index (χ4n) is 1.92. The van der Waals surface area contributed by atoms with Gasteiger partial charge in [0.1, 0.15) is 5.82 Å². The zero-order valence-corrected chi connectivity index (χ0v) is 11.5. The fraction of sp³-hybridized carbons (Fsp3) is 0.188. The van der Waals surface area contributed by atoms with E-state index in [0.29, 0.717) is 11.3 Å². The zero-order valence-electron chi connectivity index (χ0n) is 11.5. The number of nitrogens with one attached hydrogen (secondary N) is 1. The van der Waals surface area contributed by atoms with Crippen molar-refractivity contribution in [3.63, 3.8) is 0 Å². The number of anilines is 1. The van der Waals surface area contributed by atoms with E-state index in [1.54, 1.807) is 24.3 Å². The number of aliphatic hydroxyl groups excluding tert-OH is 1. The van der Waals surface area contributed by atoms with Gasteiger partial charge in [-0.15, -0.1) is 0 Å². The molecule has 5 heteroatoms. The minimum atomic E-state index is -0.726. The molecule has 21 heavy (non-hydrogen) atoms. The zero-order chi connectivity index (χ0) is 15.2. The van der Waals surface area contributed by atoms with Crippen LogP contribution in [-0.4, -0.2) is 18.2 Å². The summed E-state index contributed by atoms with van der Waals surface area (Å²) < 4.78 is 17.8. The van der Waals surface area contributed by atoms with Crippen LogP contribution >= 0.6 is 0 Å². The van der Waals surface area contributed by atoms with Crippen LogP contribution in [0.3, 0.4) is 0 Å². The summed E-state index contributed by atoms with van der Waals surface area (Å²) in [6.45, 7) is -0.0430. The van der Waals surface area contributed by atoms with Crippen LogP contribution in [0.5, 0.6) is 0 Å². The molecule has 4 nitrogen and oxygen atoms in total. The highest BCUT2D eigenvalue weighted by atomic mass is 19.1. The topological polar surface area (TPSA) is 58.6 Å². The second-order valence-electron chi connectivity index (χ2n) is 4.51. The lowest BCUT2D eigenvalue weighted by atomic mass is 10.1. The second kappa shape index (κ2) is 6.85. The van der Waals surface area contributed by atoms with Gasteiger partial charge in [0, 0.05) is 5.69 Å². The number of carbonyl (C=O) groups is 1. The highest BCUT2D eigenvalue weighted by Crippen LogP contribution is 2.21. The van der Waals surface area contributed by atoms with E-state index >= 15 is 0 Å². The molecule has 0 fully saturated rings. The minimum absolute atomic E-state index is 0.0430. The molecule has 0 bridgehead atoms. The molecule has 2 rings (SSSR count). The van der Waals surface area contributed by atoms with Crippen LogP contribution in [-0.2, 0) is 16.1 Å². The third-order valence-corrected chi connectivity index (χ3v) is 3.09. The van der Waals surface area contributed by atoms with Gasteiger partial charge in [-0.05, 0) is 35.4 Å². The first-order valence-corrected chi connectivity index (χ1v) is 6.43. The Morgan fingerprint density at radius 2 is 1.81 bits per heavy atom. The normalized spacial score (nSPS) is 11.8. The molecule has 1 atom stereocenters. The maximum absolute atomic E-state index is 13.0. The Bertz CT molecular complexity index is 596. The molecule has 0 heterocycles. The fourth-order valence-corrected chi connectivity index (χ4v) is 1.92. The van der Waals surface area contributed by atoms with Crippen molar-refractivity contribution in [3.05, 3.63) is 65.5 Å². The summed E-state index contributed by atoms with van der Waals surface area (Å²) >= 11 is 0. The number of benzene rings is 2. The first-order chi connectivity index (χ1) is 10.1. The van der Waals surface area contributed by atoms with Crippen LogP contribution in [0.25, 0.3) is 0 Å². The van der Waals surface area contributed by atoms with Crippen molar-refractivity contribution in [2.45, 2.75) is 12.6 Å². The van der Waals surface area contributed by atoms with Gasteiger partial charge in [0.25, 0.3) is 0 Å². The maximum atomic E-state index is 13.0. The summed E-state index contributed by atoms with van der Waals surface area (Å²) in [5.41, 5.74) is 2.08. The minimum Gasteiger partial charge on any atom is -0.467 e. The summed E-state index contributed by atoms with van der Waals surface area (Å²) in [5, 5.41) is 12.0. The van der Waals surface area contributed by atoms with Gasteiger partial charge in [-0.25, -0.2) is 9.18 Å². The Kier molecular flexibility index (Phi) is 4.90. The van der Waals surface area contributed by atoms with E-state index in [1.807, 2.05) is 0 Å². The molecule has 0 radical (unpaired) electrons. The molecule has 0 spiro atoms. The van der Waals surface area contributed by atoms with E-state index in [2.05, 4.69) is 5.32 Å². The standard InChI is InChI=1S/C16H16FNO3/c1-21-16(20)15(12-4-6-13(17)7-5-12)18-14-8-2-11(10-19)3-9-14/h2-9,15,18-19H,10H2,1H3/t15-/m0/s1. The molecule has 2 N–H and O–H groups in total. The average molecular weight is 289 g/mol. The van der Waals surface area contributed by atoms with Crippen molar-refractivity contribution in [1.29, 1.82) is 0 Å². The van der Waals surface area contributed by atoms with Gasteiger partial charge >= 0.3 is 5.97 Å². The number of carbonyl (C=O) groups excluding carboxylic acids is 1. The number of hydrogen-bond donors (Lipinski definition) is 2. The first kappa shape index (κ1) is 15.0. The summed E-state index contributed by atoms with van der Waals surface area (Å²) in [6.07, 6.45) is 0. The van der Waals surface area contributed by atoms with Crippen LogP contribution < -0.4 is 5.32 Å². The molecule has 0 aliphatic rings. The molecule has 0 aliphatic carbocycles. The third-order valence-electron chi connectivity index (χ3n) is 3.09. The molecule has 0 unspecified atom stereocenters. The van der Waals surface area contributed by atoms with Crippen molar-refractivity contribution in [3.8, 4) is 0 Å². The van der Waals surface area contributed by atoms with Crippen molar-refractivity contribution in [2.24, 2.45) is 0 Å². The lowest BCUT2D eigenvalue weighted by Crippen LogP contribution is -2.22. The van der Waals surface area contributed by atoms with E-state index in [0.717, 1.165) is 5.56 Å². The quantitative estimate of drug-likeness (QED) is 0.831. The van der Waals surface area contributed by atoms with Gasteiger partial charge in [-0.2, -0.15) is 0 Å². The molecular weight excluding hydrogens is 273 g/mol. The lowest BCUT2D eigenvalue weighted by Gasteiger charge is -2.18. The molecule has 110 valence electrons. The molecule has 0 saturated heterocycles. The van der Waals surface area contributed by atoms with Crippen LogP contribution in [0.1, 0.15) is 17.2 Å². The van der Waals surface area contributed by atoms with E-state index in [-0.39, 0.29) is 12.4 Å². The third kappa shape index (κ3) is 3.79. The number of ether oxygens (including phenoxy) is 1. The van der Waals surface area contributed by atoms with Crippen molar-refractivity contribution in [1.82, 2.24) is 0 Å². The predicted molar refractivity (Wildman–Crippen MR) is 77.1 cm³/mol. The second-order valence-corrected chi connectivity index (χ2v) is 4.51. The number of methoxy groups -OCH3 is 1. The number of rotatable bonds is 5. The highest BCUT2D eigenvalue weighted by molar-refractivity contribution is 5.81. The number of hydrogen-bond acceptors (Lipinski definition) is 4. The van der Waals surface area contributed by atoms with Gasteiger partial charge in [0.15, 0.2) is 6.04 Å². The van der Waals surface area contributed by atoms with Crippen LogP contribution in [0, 0.1) is 5.82 Å². The smallest absolute Gasteiger partial charge is 0.332 e. The van der Waals surface area contributed by atoms with E-state index < -0.39 is 12.0 Å². The Hall–Kier alpha value is -2.40. The molecular formula is C16H16FNO3. The van der Waals surface area contributed by atoms with Gasteiger partial charge in [-0.1, -0.05) is 24.3 Å². The molecule has 0 aromatic heterocycles. The maximum Gasteiger partial charge on any atom is 0.332 e. The van der Waals surface area contributed by atoms with Gasteiger partial charge in [0.2, 0.25) is 0 Å². The monoisotopic (exact) mass is 289 g/mol. The van der Waals surface area contributed by atoms with Gasteiger partial charge < -0.3 is 15.2 Å². The number of esters is 1. The number of halogens is 1. The summed E-state index contributed by atoms with van der Waals surface area (Å²) in [7, 11) is 1.30. The Balaban J connectivity index is 2.23. The first-order valence-electron chi connectivity index (χ1n) is 6.43. The van der Waals surface area contributed by atoms with Crippen LogP contribution in [0.15, 0.2) is 48.5 Å². The highest BCUT2D eigenvalue weighted by Gasteiger charge is 2.21. The van der Waals surface area contributed by atoms with E-state index in [4.69, 9.17) is 9.84 Å². The average Bonchev–Trinajstić information content (AvgIpc) is 2.53. The predicted octanol–water partition coefficient (Wildman–Crippen LogP) is 2.64. The Labute approximate surface area is 122 Å². The molecule has 2 aromatic carbocycles. The van der Waals surface area contributed by atoms with Crippen LogP contribution in [0.2, 0.25) is 0 Å². The summed E-state index contributed by atoms with van der Waals surface area (Å²) in [6, 6.07) is 11.9. The summed E-state index contributed by atoms with van der Waals surface area (Å²) in [5.74, 6) is -0.831. The van der Waals surface area contributed by atoms with E-state index in [1.165, 1.54) is 31.4 Å². The number of aliphatic hydroxyl groups is 1. The van der Waals surface area contributed by atoms with Gasteiger partial charge in [-0.3, -0.25) is 0 Å². The lowest BCUT2D eigenvalue weighted by molar-refractivity contribution is -0.141. The van der Waals surface area contributed by atoms with Gasteiger partial charge in [0.05, 0.1) is 13.7 Å². The largest absolute Gasteiger partial charge is 0.467 e. The van der Waals surface area contributed by atoms with Crippen molar-refractivity contribution >= 4 is 11.7 Å². The van der Waals surface area contributed by atoms with Crippen molar-refractivity contribution in [2.75, 3.05) is 12.4 Å². The Morgan fingerprint density at radius 1 is 1.19 bits per heavy atom. The summed E-state index contributed by atoms with van der Waals surface area (Å²) in [4.78, 5) is 11.9.